The van der Waals surface area contributed by atoms with Gasteiger partial charge in [0.05, 0.1) is 6.61 Å². The number of methoxy groups -OCH3 is 1. The highest BCUT2D eigenvalue weighted by Gasteiger charge is 2.13. The normalized spacial score (nSPS) is 15.8. The van der Waals surface area contributed by atoms with Crippen LogP contribution in [0.25, 0.3) is 0 Å². The third-order valence-corrected chi connectivity index (χ3v) is 3.12. The minimum atomic E-state index is 0.683. The van der Waals surface area contributed by atoms with E-state index in [9.17, 15) is 0 Å². The Bertz CT molecular complexity index is 377. The Hall–Kier alpha value is -1.36. The van der Waals surface area contributed by atoms with Crippen molar-refractivity contribution >= 4 is 11.6 Å². The summed E-state index contributed by atoms with van der Waals surface area (Å²) in [6.07, 6.45) is 3.85. The molecule has 100 valence electrons. The predicted molar refractivity (Wildman–Crippen MR) is 73.2 cm³/mol. The molecular formula is C13H22N4O. The average molecular weight is 250 g/mol. The van der Waals surface area contributed by atoms with Gasteiger partial charge in [-0.1, -0.05) is 0 Å². The van der Waals surface area contributed by atoms with Crippen LogP contribution in [-0.4, -0.2) is 43.3 Å². The molecule has 1 N–H and O–H groups in total. The number of aromatic nitrogens is 2. The van der Waals surface area contributed by atoms with Crippen LogP contribution >= 0.6 is 0 Å². The highest BCUT2D eigenvalue weighted by molar-refractivity contribution is 5.49. The maximum Gasteiger partial charge on any atom is 0.134 e. The number of nitrogens with zero attached hydrogens (tertiary/aromatic N) is 3. The van der Waals surface area contributed by atoms with Crippen molar-refractivity contribution in [2.45, 2.75) is 26.2 Å². The summed E-state index contributed by atoms with van der Waals surface area (Å²) in [5.74, 6) is 2.75. The van der Waals surface area contributed by atoms with Crippen molar-refractivity contribution < 1.29 is 4.74 Å². The van der Waals surface area contributed by atoms with Crippen LogP contribution in [0, 0.1) is 6.92 Å². The molecule has 5 nitrogen and oxygen atoms in total. The average Bonchev–Trinajstić information content (AvgIpc) is 2.39. The number of hydrogen-bond acceptors (Lipinski definition) is 5. The number of aryl methyl sites for hydroxylation is 1. The lowest BCUT2D eigenvalue weighted by molar-refractivity contribution is 0.210. The van der Waals surface area contributed by atoms with E-state index in [-0.39, 0.29) is 0 Å². The molecule has 2 rings (SSSR count). The van der Waals surface area contributed by atoms with E-state index >= 15 is 0 Å². The first-order chi connectivity index (χ1) is 8.79. The van der Waals surface area contributed by atoms with E-state index in [1.54, 1.807) is 7.11 Å². The Morgan fingerprint density at radius 2 is 2.06 bits per heavy atom. The third kappa shape index (κ3) is 3.57. The van der Waals surface area contributed by atoms with E-state index in [0.717, 1.165) is 37.1 Å². The van der Waals surface area contributed by atoms with Crippen molar-refractivity contribution in [2.75, 3.05) is 43.6 Å². The standard InChI is InChI=1S/C13H22N4O/c1-11-15-12(14-6-9-18-2)10-13(16-11)17-7-4-3-5-8-17/h10H,3-9H2,1-2H3,(H,14,15,16). The van der Waals surface area contributed by atoms with Gasteiger partial charge in [-0.3, -0.25) is 0 Å². The molecule has 18 heavy (non-hydrogen) atoms. The minimum Gasteiger partial charge on any atom is -0.383 e. The van der Waals surface area contributed by atoms with Gasteiger partial charge in [-0.05, 0) is 26.2 Å². The summed E-state index contributed by atoms with van der Waals surface area (Å²) in [6.45, 7) is 5.60. The van der Waals surface area contributed by atoms with Gasteiger partial charge in [0.25, 0.3) is 0 Å². The number of hydrogen-bond donors (Lipinski definition) is 1. The maximum absolute atomic E-state index is 5.02. The van der Waals surface area contributed by atoms with Crippen LogP contribution in [0.3, 0.4) is 0 Å². The van der Waals surface area contributed by atoms with Crippen molar-refractivity contribution in [1.82, 2.24) is 9.97 Å². The highest BCUT2D eigenvalue weighted by Crippen LogP contribution is 2.20. The molecule has 2 heterocycles. The van der Waals surface area contributed by atoms with Gasteiger partial charge in [-0.2, -0.15) is 0 Å². The van der Waals surface area contributed by atoms with Crippen molar-refractivity contribution in [2.24, 2.45) is 0 Å². The fourth-order valence-corrected chi connectivity index (χ4v) is 2.21. The first kappa shape index (κ1) is 13.1. The number of rotatable bonds is 5. The SMILES string of the molecule is COCCNc1cc(N2CCCCC2)nc(C)n1. The zero-order valence-electron chi connectivity index (χ0n) is 11.3. The van der Waals surface area contributed by atoms with Crippen LogP contribution in [-0.2, 0) is 4.74 Å². The van der Waals surface area contributed by atoms with Gasteiger partial charge < -0.3 is 15.0 Å². The summed E-state index contributed by atoms with van der Waals surface area (Å²) in [6, 6.07) is 2.04. The molecule has 5 heteroatoms. The van der Waals surface area contributed by atoms with Crippen LogP contribution in [0.2, 0.25) is 0 Å². The molecule has 0 atom stereocenters. The van der Waals surface area contributed by atoms with E-state index in [1.165, 1.54) is 19.3 Å². The largest absolute Gasteiger partial charge is 0.383 e. The highest BCUT2D eigenvalue weighted by atomic mass is 16.5. The summed E-state index contributed by atoms with van der Waals surface area (Å²) >= 11 is 0. The van der Waals surface area contributed by atoms with Gasteiger partial charge in [0.2, 0.25) is 0 Å². The lowest BCUT2D eigenvalue weighted by Gasteiger charge is -2.28. The number of nitrogens with one attached hydrogen (secondary N) is 1. The Labute approximate surface area is 109 Å². The predicted octanol–water partition coefficient (Wildman–Crippen LogP) is 1.83. The van der Waals surface area contributed by atoms with Gasteiger partial charge in [0, 0.05) is 32.8 Å². The summed E-state index contributed by atoms with van der Waals surface area (Å²) in [7, 11) is 1.70. The van der Waals surface area contributed by atoms with E-state index in [2.05, 4.69) is 20.2 Å². The van der Waals surface area contributed by atoms with Crippen molar-refractivity contribution in [3.63, 3.8) is 0 Å². The molecule has 1 saturated heterocycles. The summed E-state index contributed by atoms with van der Waals surface area (Å²) in [4.78, 5) is 11.3. The third-order valence-electron chi connectivity index (χ3n) is 3.12. The fraction of sp³-hybridized carbons (Fsp3) is 0.692. The molecule has 0 bridgehead atoms. The molecule has 1 aromatic rings. The number of ether oxygens (including phenoxy) is 1. The minimum absolute atomic E-state index is 0.683. The summed E-state index contributed by atoms with van der Waals surface area (Å²) < 4.78 is 5.02. The second-order valence-electron chi connectivity index (χ2n) is 4.63. The van der Waals surface area contributed by atoms with Crippen LogP contribution in [0.1, 0.15) is 25.1 Å². The zero-order valence-corrected chi connectivity index (χ0v) is 11.3. The lowest BCUT2D eigenvalue weighted by Crippen LogP contribution is -2.30. The van der Waals surface area contributed by atoms with Gasteiger partial charge in [0.15, 0.2) is 0 Å². The maximum atomic E-state index is 5.02. The second-order valence-corrected chi connectivity index (χ2v) is 4.63. The molecule has 0 unspecified atom stereocenters. The number of piperidine rings is 1. The van der Waals surface area contributed by atoms with Crippen molar-refractivity contribution in [3.05, 3.63) is 11.9 Å². The fourth-order valence-electron chi connectivity index (χ4n) is 2.21. The molecule has 1 aliphatic rings. The van der Waals surface area contributed by atoms with Crippen molar-refractivity contribution in [3.8, 4) is 0 Å². The molecule has 1 aliphatic heterocycles. The van der Waals surface area contributed by atoms with E-state index in [4.69, 9.17) is 4.74 Å². The number of anilines is 2. The molecule has 0 radical (unpaired) electrons. The molecule has 0 aromatic carbocycles. The first-order valence-electron chi connectivity index (χ1n) is 6.63. The lowest BCUT2D eigenvalue weighted by atomic mass is 10.1. The van der Waals surface area contributed by atoms with Gasteiger partial charge in [-0.15, -0.1) is 0 Å². The molecule has 1 fully saturated rings. The Morgan fingerprint density at radius 3 is 2.78 bits per heavy atom. The van der Waals surface area contributed by atoms with Crippen LogP contribution in [0.15, 0.2) is 6.07 Å². The summed E-state index contributed by atoms with van der Waals surface area (Å²) in [5, 5.41) is 3.26. The Morgan fingerprint density at radius 1 is 1.28 bits per heavy atom. The Balaban J connectivity index is 2.05. The van der Waals surface area contributed by atoms with Crippen molar-refractivity contribution in [1.29, 1.82) is 0 Å². The van der Waals surface area contributed by atoms with Crippen LogP contribution < -0.4 is 10.2 Å². The smallest absolute Gasteiger partial charge is 0.134 e. The van der Waals surface area contributed by atoms with Crippen LogP contribution in [0.4, 0.5) is 11.6 Å². The second kappa shape index (κ2) is 6.54. The molecule has 0 saturated carbocycles. The topological polar surface area (TPSA) is 50.3 Å². The van der Waals surface area contributed by atoms with Gasteiger partial charge in [0.1, 0.15) is 17.5 Å². The van der Waals surface area contributed by atoms with Gasteiger partial charge >= 0.3 is 0 Å². The van der Waals surface area contributed by atoms with Gasteiger partial charge in [-0.25, -0.2) is 9.97 Å². The first-order valence-corrected chi connectivity index (χ1v) is 6.63. The monoisotopic (exact) mass is 250 g/mol. The quantitative estimate of drug-likeness (QED) is 0.808. The van der Waals surface area contributed by atoms with E-state index in [1.807, 2.05) is 13.0 Å². The van der Waals surface area contributed by atoms with E-state index < -0.39 is 0 Å². The summed E-state index contributed by atoms with van der Waals surface area (Å²) in [5.41, 5.74) is 0. The molecule has 0 amide bonds. The molecular weight excluding hydrogens is 228 g/mol. The van der Waals surface area contributed by atoms with E-state index in [0.29, 0.717) is 6.61 Å². The molecule has 0 aliphatic carbocycles. The zero-order chi connectivity index (χ0) is 12.8. The van der Waals surface area contributed by atoms with Crippen LogP contribution in [0.5, 0.6) is 0 Å². The molecule has 1 aromatic heterocycles. The molecule has 0 spiro atoms. The Kier molecular flexibility index (Phi) is 4.75.